The van der Waals surface area contributed by atoms with Crippen molar-refractivity contribution in [1.29, 1.82) is 0 Å². The summed E-state index contributed by atoms with van der Waals surface area (Å²) in [7, 11) is 0. The Bertz CT molecular complexity index is 550. The Morgan fingerprint density at radius 3 is 2.53 bits per heavy atom. The minimum Gasteiger partial charge on any atom is -0.398 e. The molecule has 0 unspecified atom stereocenters. The highest BCUT2D eigenvalue weighted by molar-refractivity contribution is 5.71. The molecule has 0 radical (unpaired) electrons. The Morgan fingerprint density at radius 1 is 1.24 bits per heavy atom. The number of hydrogen-bond acceptors (Lipinski definition) is 4. The fourth-order valence-electron chi connectivity index (χ4n) is 1.47. The number of nitrogens with two attached hydrogens (primary N) is 1. The van der Waals surface area contributed by atoms with Crippen LogP contribution in [0.3, 0.4) is 0 Å². The summed E-state index contributed by atoms with van der Waals surface area (Å²) in [5, 5.41) is 11.0. The molecule has 0 amide bonds. The Hall–Kier alpha value is -2.05. The highest BCUT2D eigenvalue weighted by atomic mass is 19.2. The van der Waals surface area contributed by atoms with Crippen molar-refractivity contribution in [3.8, 4) is 11.4 Å². The lowest BCUT2D eigenvalue weighted by atomic mass is 10.1. The predicted octanol–water partition coefficient (Wildman–Crippen LogP) is 1.78. The van der Waals surface area contributed by atoms with Crippen molar-refractivity contribution < 1.29 is 8.78 Å². The quantitative estimate of drug-likeness (QED) is 0.811. The van der Waals surface area contributed by atoms with Gasteiger partial charge in [-0.2, -0.15) is 0 Å². The second-order valence-electron chi connectivity index (χ2n) is 3.89. The fraction of sp³-hybridized carbons (Fsp3) is 0.300. The van der Waals surface area contributed by atoms with Crippen LogP contribution < -0.4 is 5.73 Å². The van der Waals surface area contributed by atoms with Crippen LogP contribution in [0.4, 0.5) is 14.5 Å². The molecule has 0 bridgehead atoms. The molecule has 0 saturated carbocycles. The molecule has 0 fully saturated rings. The van der Waals surface area contributed by atoms with Crippen LogP contribution in [-0.4, -0.2) is 20.2 Å². The molecule has 17 heavy (non-hydrogen) atoms. The van der Waals surface area contributed by atoms with Crippen LogP contribution in [0.5, 0.6) is 0 Å². The molecular weight excluding hydrogens is 228 g/mol. The summed E-state index contributed by atoms with van der Waals surface area (Å²) >= 11 is 0. The molecule has 2 rings (SSSR count). The molecule has 0 aliphatic carbocycles. The first-order valence-corrected chi connectivity index (χ1v) is 5.03. The highest BCUT2D eigenvalue weighted by Crippen LogP contribution is 2.27. The van der Waals surface area contributed by atoms with Gasteiger partial charge in [-0.3, -0.25) is 0 Å². The lowest BCUT2D eigenvalue weighted by Gasteiger charge is -2.09. The van der Waals surface area contributed by atoms with Crippen molar-refractivity contribution in [1.82, 2.24) is 20.2 Å². The van der Waals surface area contributed by atoms with Crippen LogP contribution in [0.15, 0.2) is 12.1 Å². The standard InChI is InChI=1S/C10H11F2N5/c1-5(2)17-10(14-15-16-17)6-3-7(11)8(12)4-9(6)13/h3-5H,13H2,1-2H3. The molecular formula is C10H11F2N5. The average Bonchev–Trinajstić information content (AvgIpc) is 2.72. The van der Waals surface area contributed by atoms with E-state index < -0.39 is 11.6 Å². The number of tetrazole rings is 1. The Labute approximate surface area is 96.2 Å². The third-order valence-electron chi connectivity index (χ3n) is 2.32. The lowest BCUT2D eigenvalue weighted by molar-refractivity contribution is 0.507. The molecule has 90 valence electrons. The van der Waals surface area contributed by atoms with E-state index in [9.17, 15) is 8.78 Å². The molecule has 0 atom stereocenters. The Balaban J connectivity index is 2.60. The zero-order chi connectivity index (χ0) is 12.6. The summed E-state index contributed by atoms with van der Waals surface area (Å²) in [4.78, 5) is 0. The topological polar surface area (TPSA) is 69.6 Å². The van der Waals surface area contributed by atoms with Gasteiger partial charge >= 0.3 is 0 Å². The molecule has 5 nitrogen and oxygen atoms in total. The maximum Gasteiger partial charge on any atom is 0.184 e. The number of rotatable bonds is 2. The molecule has 0 aliphatic rings. The van der Waals surface area contributed by atoms with E-state index in [2.05, 4.69) is 15.5 Å². The van der Waals surface area contributed by atoms with Crippen LogP contribution in [0.2, 0.25) is 0 Å². The molecule has 1 heterocycles. The second-order valence-corrected chi connectivity index (χ2v) is 3.89. The van der Waals surface area contributed by atoms with Crippen molar-refractivity contribution in [3.05, 3.63) is 23.8 Å². The third-order valence-corrected chi connectivity index (χ3v) is 2.32. The van der Waals surface area contributed by atoms with Gasteiger partial charge in [-0.25, -0.2) is 13.5 Å². The first-order chi connectivity index (χ1) is 8.00. The van der Waals surface area contributed by atoms with Gasteiger partial charge in [-0.1, -0.05) is 0 Å². The Morgan fingerprint density at radius 2 is 1.88 bits per heavy atom. The van der Waals surface area contributed by atoms with Crippen molar-refractivity contribution in [3.63, 3.8) is 0 Å². The smallest absolute Gasteiger partial charge is 0.184 e. The van der Waals surface area contributed by atoms with Gasteiger partial charge in [0.2, 0.25) is 0 Å². The maximum atomic E-state index is 13.2. The number of nitrogen functional groups attached to an aromatic ring is 1. The van der Waals surface area contributed by atoms with E-state index in [1.807, 2.05) is 13.8 Å². The minimum absolute atomic E-state index is 0.00693. The van der Waals surface area contributed by atoms with E-state index >= 15 is 0 Å². The molecule has 2 N–H and O–H groups in total. The summed E-state index contributed by atoms with van der Waals surface area (Å²) in [6.07, 6.45) is 0. The van der Waals surface area contributed by atoms with Gasteiger partial charge in [-0.15, -0.1) is 5.10 Å². The summed E-state index contributed by atoms with van der Waals surface area (Å²) in [6.45, 7) is 3.74. The van der Waals surface area contributed by atoms with Gasteiger partial charge in [0.15, 0.2) is 17.5 Å². The zero-order valence-electron chi connectivity index (χ0n) is 9.35. The molecule has 1 aromatic heterocycles. The van der Waals surface area contributed by atoms with Gasteiger partial charge in [0.25, 0.3) is 0 Å². The maximum absolute atomic E-state index is 13.2. The minimum atomic E-state index is -0.991. The van der Waals surface area contributed by atoms with Crippen LogP contribution in [0.1, 0.15) is 19.9 Å². The number of anilines is 1. The van der Waals surface area contributed by atoms with Crippen LogP contribution >= 0.6 is 0 Å². The average molecular weight is 239 g/mol. The van der Waals surface area contributed by atoms with Gasteiger partial charge in [0, 0.05) is 17.3 Å². The highest BCUT2D eigenvalue weighted by Gasteiger charge is 2.16. The van der Waals surface area contributed by atoms with Crippen molar-refractivity contribution >= 4 is 5.69 Å². The molecule has 1 aromatic carbocycles. The van der Waals surface area contributed by atoms with E-state index in [1.54, 1.807) is 0 Å². The van der Waals surface area contributed by atoms with E-state index in [1.165, 1.54) is 4.68 Å². The van der Waals surface area contributed by atoms with Crippen molar-refractivity contribution in [2.75, 3.05) is 5.73 Å². The number of benzene rings is 1. The monoisotopic (exact) mass is 239 g/mol. The summed E-state index contributed by atoms with van der Waals surface area (Å²) < 4.78 is 27.6. The summed E-state index contributed by atoms with van der Waals surface area (Å²) in [5.74, 6) is -1.65. The first-order valence-electron chi connectivity index (χ1n) is 5.03. The molecule has 0 aliphatic heterocycles. The molecule has 2 aromatic rings. The number of halogens is 2. The zero-order valence-corrected chi connectivity index (χ0v) is 9.35. The van der Waals surface area contributed by atoms with Gasteiger partial charge in [0.05, 0.1) is 6.04 Å². The van der Waals surface area contributed by atoms with E-state index in [0.717, 1.165) is 12.1 Å². The van der Waals surface area contributed by atoms with Crippen molar-refractivity contribution in [2.45, 2.75) is 19.9 Å². The lowest BCUT2D eigenvalue weighted by Crippen LogP contribution is -2.07. The first kappa shape index (κ1) is 11.4. The predicted molar refractivity (Wildman–Crippen MR) is 58.0 cm³/mol. The normalized spacial score (nSPS) is 11.1. The third kappa shape index (κ3) is 1.95. The van der Waals surface area contributed by atoms with E-state index in [4.69, 9.17) is 5.73 Å². The second kappa shape index (κ2) is 4.08. The largest absolute Gasteiger partial charge is 0.398 e. The van der Waals surface area contributed by atoms with Crippen LogP contribution in [0.25, 0.3) is 11.4 Å². The summed E-state index contributed by atoms with van der Waals surface area (Å²) in [5.41, 5.74) is 6.01. The molecule has 7 heteroatoms. The number of hydrogen-bond donors (Lipinski definition) is 1. The van der Waals surface area contributed by atoms with Crippen LogP contribution in [0, 0.1) is 11.6 Å². The molecule has 0 saturated heterocycles. The van der Waals surface area contributed by atoms with Gasteiger partial charge < -0.3 is 5.73 Å². The fourth-order valence-corrected chi connectivity index (χ4v) is 1.47. The van der Waals surface area contributed by atoms with E-state index in [-0.39, 0.29) is 17.3 Å². The van der Waals surface area contributed by atoms with Crippen LogP contribution in [-0.2, 0) is 0 Å². The summed E-state index contributed by atoms with van der Waals surface area (Å²) in [6, 6.07) is 1.91. The SMILES string of the molecule is CC(C)n1nnnc1-c1cc(F)c(F)cc1N. The van der Waals surface area contributed by atoms with E-state index in [0.29, 0.717) is 5.82 Å². The van der Waals surface area contributed by atoms with Gasteiger partial charge in [-0.05, 0) is 30.3 Å². The van der Waals surface area contributed by atoms with Crippen molar-refractivity contribution in [2.24, 2.45) is 0 Å². The number of nitrogens with zero attached hydrogens (tertiary/aromatic N) is 4. The Kier molecular flexibility index (Phi) is 2.74. The number of aromatic nitrogens is 4. The van der Waals surface area contributed by atoms with Gasteiger partial charge in [0.1, 0.15) is 0 Å². The molecule has 0 spiro atoms.